The van der Waals surface area contributed by atoms with Crippen molar-refractivity contribution >= 4 is 39.0 Å². The molecule has 4 aromatic rings. The fourth-order valence-electron chi connectivity index (χ4n) is 3.67. The molecule has 0 aliphatic heterocycles. The van der Waals surface area contributed by atoms with E-state index in [0.29, 0.717) is 27.6 Å². The number of carbonyl (C=O) groups is 1. The summed E-state index contributed by atoms with van der Waals surface area (Å²) in [6.45, 7) is 5.86. The molecule has 0 N–H and O–H groups in total. The number of hydrogen-bond donors (Lipinski definition) is 0. The van der Waals surface area contributed by atoms with Crippen LogP contribution in [0.15, 0.2) is 54.6 Å². The number of nitriles is 1. The average molecular weight is 469 g/mol. The van der Waals surface area contributed by atoms with Gasteiger partial charge in [0, 0.05) is 5.56 Å². The molecular formula is C28H24N2O3S. The zero-order valence-corrected chi connectivity index (χ0v) is 20.3. The molecule has 6 heteroatoms. The minimum Gasteiger partial charge on any atom is -0.493 e. The summed E-state index contributed by atoms with van der Waals surface area (Å²) in [5.74, 6) is 0.863. The first-order chi connectivity index (χ1) is 16.4. The van der Waals surface area contributed by atoms with Crippen molar-refractivity contribution in [3.63, 3.8) is 0 Å². The Kier molecular flexibility index (Phi) is 6.76. The molecule has 0 saturated carbocycles. The molecule has 0 unspecified atom stereocenters. The number of methoxy groups -OCH3 is 1. The van der Waals surface area contributed by atoms with Crippen LogP contribution in [0.2, 0.25) is 0 Å². The molecule has 0 aliphatic carbocycles. The lowest BCUT2D eigenvalue weighted by Gasteiger charge is -2.13. The van der Waals surface area contributed by atoms with Gasteiger partial charge < -0.3 is 9.47 Å². The van der Waals surface area contributed by atoms with Gasteiger partial charge in [0.25, 0.3) is 0 Å². The number of aromatic nitrogens is 1. The highest BCUT2D eigenvalue weighted by Crippen LogP contribution is 2.32. The monoisotopic (exact) mass is 468 g/mol. The fourth-order valence-corrected chi connectivity index (χ4v) is 4.60. The number of para-hydroxylation sites is 1. The summed E-state index contributed by atoms with van der Waals surface area (Å²) in [4.78, 5) is 17.3. The number of ketones is 1. The third-order valence-electron chi connectivity index (χ3n) is 5.64. The Morgan fingerprint density at radius 1 is 1.03 bits per heavy atom. The SMILES string of the molecule is COc1cc(/C=C(\C#N)c2nc3ccccc3s2)ccc1OCC(=O)c1cc(C)c(C)cc1C. The van der Waals surface area contributed by atoms with Crippen LogP contribution in [0.25, 0.3) is 21.9 Å². The fraction of sp³-hybridized carbons (Fsp3) is 0.179. The molecule has 1 heterocycles. The summed E-state index contributed by atoms with van der Waals surface area (Å²) in [5.41, 5.74) is 5.94. The average Bonchev–Trinajstić information content (AvgIpc) is 3.27. The first-order valence-corrected chi connectivity index (χ1v) is 11.6. The van der Waals surface area contributed by atoms with Crippen LogP contribution in [0.5, 0.6) is 11.5 Å². The molecule has 0 bridgehead atoms. The number of hydrogen-bond acceptors (Lipinski definition) is 6. The van der Waals surface area contributed by atoms with Gasteiger partial charge in [0.2, 0.25) is 0 Å². The van der Waals surface area contributed by atoms with Crippen LogP contribution in [0.3, 0.4) is 0 Å². The molecule has 3 aromatic carbocycles. The second-order valence-corrected chi connectivity index (χ2v) is 9.06. The normalized spacial score (nSPS) is 11.3. The molecule has 0 fully saturated rings. The highest BCUT2D eigenvalue weighted by Gasteiger charge is 2.14. The Hall–Kier alpha value is -3.95. The topological polar surface area (TPSA) is 72.2 Å². The molecule has 0 amide bonds. The summed E-state index contributed by atoms with van der Waals surface area (Å²) in [7, 11) is 1.55. The minimum atomic E-state index is -0.0932. The standard InChI is InChI=1S/C28H24N2O3S/c1-17-11-19(3)22(12-18(17)2)24(31)16-33-25-10-9-20(14-26(25)32-4)13-21(15-29)28-30-23-7-5-6-8-27(23)34-28/h5-14H,16H2,1-4H3/b21-13+. The van der Waals surface area contributed by atoms with E-state index in [1.807, 2.05) is 63.2 Å². The Balaban J connectivity index is 1.55. The number of allylic oxidation sites excluding steroid dienone is 1. The molecule has 34 heavy (non-hydrogen) atoms. The van der Waals surface area contributed by atoms with Gasteiger partial charge in [0.05, 0.1) is 22.9 Å². The zero-order valence-electron chi connectivity index (χ0n) is 19.5. The lowest BCUT2D eigenvalue weighted by molar-refractivity contribution is 0.0919. The van der Waals surface area contributed by atoms with Crippen molar-refractivity contribution < 1.29 is 14.3 Å². The minimum absolute atomic E-state index is 0.0887. The number of benzene rings is 3. The Morgan fingerprint density at radius 2 is 1.79 bits per heavy atom. The number of rotatable bonds is 7. The number of ether oxygens (including phenoxy) is 2. The number of Topliss-reactive ketones (excluding diaryl/α,β-unsaturated/α-hetero) is 1. The molecule has 170 valence electrons. The van der Waals surface area contributed by atoms with Crippen molar-refractivity contribution in [1.29, 1.82) is 5.26 Å². The quantitative estimate of drug-likeness (QED) is 0.227. The smallest absolute Gasteiger partial charge is 0.200 e. The number of thiazole rings is 1. The third-order valence-corrected chi connectivity index (χ3v) is 6.71. The number of aryl methyl sites for hydroxylation is 3. The van der Waals surface area contributed by atoms with Crippen LogP contribution < -0.4 is 9.47 Å². The number of fused-ring (bicyclic) bond motifs is 1. The van der Waals surface area contributed by atoms with Gasteiger partial charge in [-0.05, 0) is 79.4 Å². The van der Waals surface area contributed by atoms with E-state index < -0.39 is 0 Å². The predicted molar refractivity (Wildman–Crippen MR) is 137 cm³/mol. The van der Waals surface area contributed by atoms with Crippen LogP contribution in [0, 0.1) is 32.1 Å². The first-order valence-electron chi connectivity index (χ1n) is 10.8. The summed E-state index contributed by atoms with van der Waals surface area (Å²) in [6.07, 6.45) is 1.77. The van der Waals surface area contributed by atoms with Gasteiger partial charge in [-0.3, -0.25) is 4.79 Å². The predicted octanol–water partition coefficient (Wildman–Crippen LogP) is 6.56. The lowest BCUT2D eigenvalue weighted by Crippen LogP contribution is -2.14. The van der Waals surface area contributed by atoms with Crippen LogP contribution in [0.1, 0.15) is 37.6 Å². The van der Waals surface area contributed by atoms with Crippen LogP contribution >= 0.6 is 11.3 Å². The lowest BCUT2D eigenvalue weighted by atomic mass is 9.98. The van der Waals surface area contributed by atoms with Gasteiger partial charge >= 0.3 is 0 Å². The van der Waals surface area contributed by atoms with Crippen LogP contribution in [-0.4, -0.2) is 24.5 Å². The molecule has 4 rings (SSSR count). The van der Waals surface area contributed by atoms with Gasteiger partial charge in [0.1, 0.15) is 11.1 Å². The van der Waals surface area contributed by atoms with E-state index in [0.717, 1.165) is 32.5 Å². The Morgan fingerprint density at radius 3 is 2.53 bits per heavy atom. The maximum absolute atomic E-state index is 12.8. The van der Waals surface area contributed by atoms with Gasteiger partial charge in [-0.2, -0.15) is 5.26 Å². The summed E-state index contributed by atoms with van der Waals surface area (Å²) < 4.78 is 12.3. The molecule has 5 nitrogen and oxygen atoms in total. The van der Waals surface area contributed by atoms with Crippen LogP contribution in [0.4, 0.5) is 0 Å². The molecule has 0 saturated heterocycles. The van der Waals surface area contributed by atoms with E-state index in [9.17, 15) is 10.1 Å². The van der Waals surface area contributed by atoms with E-state index in [-0.39, 0.29) is 12.4 Å². The second kappa shape index (κ2) is 9.90. The van der Waals surface area contributed by atoms with Crippen molar-refractivity contribution in [2.75, 3.05) is 13.7 Å². The van der Waals surface area contributed by atoms with Crippen molar-refractivity contribution in [1.82, 2.24) is 4.98 Å². The Bertz CT molecular complexity index is 1430. The van der Waals surface area contributed by atoms with E-state index in [1.165, 1.54) is 11.3 Å². The largest absolute Gasteiger partial charge is 0.493 e. The Labute approximate surface area is 202 Å². The van der Waals surface area contributed by atoms with Gasteiger partial charge in [-0.15, -0.1) is 11.3 Å². The highest BCUT2D eigenvalue weighted by molar-refractivity contribution is 7.19. The zero-order chi connectivity index (χ0) is 24.2. The molecule has 0 spiro atoms. The van der Waals surface area contributed by atoms with E-state index in [2.05, 4.69) is 11.1 Å². The molecule has 0 radical (unpaired) electrons. The van der Waals surface area contributed by atoms with E-state index in [1.54, 1.807) is 25.3 Å². The highest BCUT2D eigenvalue weighted by atomic mass is 32.1. The summed E-state index contributed by atoms with van der Waals surface area (Å²) in [5, 5.41) is 10.4. The summed E-state index contributed by atoms with van der Waals surface area (Å²) >= 11 is 1.48. The van der Waals surface area contributed by atoms with Crippen molar-refractivity contribution in [3.8, 4) is 17.6 Å². The molecule has 0 atom stereocenters. The second-order valence-electron chi connectivity index (χ2n) is 8.03. The third kappa shape index (κ3) is 4.85. The van der Waals surface area contributed by atoms with E-state index in [4.69, 9.17) is 9.47 Å². The maximum Gasteiger partial charge on any atom is 0.200 e. The number of nitrogens with zero attached hydrogens (tertiary/aromatic N) is 2. The van der Waals surface area contributed by atoms with E-state index >= 15 is 0 Å². The maximum atomic E-state index is 12.8. The van der Waals surface area contributed by atoms with Crippen molar-refractivity contribution in [2.45, 2.75) is 20.8 Å². The van der Waals surface area contributed by atoms with Crippen LogP contribution in [-0.2, 0) is 0 Å². The molecule has 1 aromatic heterocycles. The van der Waals surface area contributed by atoms with Gasteiger partial charge in [-0.1, -0.05) is 24.3 Å². The molecule has 0 aliphatic rings. The van der Waals surface area contributed by atoms with Gasteiger partial charge in [-0.25, -0.2) is 4.98 Å². The molecular weight excluding hydrogens is 444 g/mol. The van der Waals surface area contributed by atoms with Gasteiger partial charge in [0.15, 0.2) is 23.9 Å². The summed E-state index contributed by atoms with van der Waals surface area (Å²) in [6, 6.07) is 19.3. The van der Waals surface area contributed by atoms with Crippen molar-refractivity contribution in [2.24, 2.45) is 0 Å². The number of carbonyl (C=O) groups excluding carboxylic acids is 1. The first kappa shape index (κ1) is 23.2. The van der Waals surface area contributed by atoms with Crippen molar-refractivity contribution in [3.05, 3.63) is 87.4 Å².